The van der Waals surface area contributed by atoms with E-state index in [9.17, 15) is 9.59 Å². The van der Waals surface area contributed by atoms with Gasteiger partial charge in [0.25, 0.3) is 0 Å². The molecular weight excluding hydrogens is 292 g/mol. The number of carbonyl (C=O) groups is 2. The Bertz CT molecular complexity index is 662. The molecule has 1 aromatic rings. The van der Waals surface area contributed by atoms with Crippen LogP contribution in [0.15, 0.2) is 46.1 Å². The fourth-order valence-corrected chi connectivity index (χ4v) is 2.22. The molecule has 0 fully saturated rings. The summed E-state index contributed by atoms with van der Waals surface area (Å²) in [5, 5.41) is 7.78. The second-order valence-electron chi connectivity index (χ2n) is 5.41. The van der Waals surface area contributed by atoms with Crippen LogP contribution >= 0.6 is 0 Å². The van der Waals surface area contributed by atoms with Crippen LogP contribution in [0.2, 0.25) is 0 Å². The van der Waals surface area contributed by atoms with Crippen LogP contribution in [0.5, 0.6) is 0 Å². The summed E-state index contributed by atoms with van der Waals surface area (Å²) >= 11 is 0. The summed E-state index contributed by atoms with van der Waals surface area (Å²) < 4.78 is 0. The molecular formula is C17H20N4O2. The van der Waals surface area contributed by atoms with E-state index in [2.05, 4.69) is 21.1 Å². The molecule has 6 nitrogen and oxygen atoms in total. The molecule has 0 unspecified atom stereocenters. The monoisotopic (exact) mass is 312 g/mol. The Morgan fingerprint density at radius 1 is 1.39 bits per heavy atom. The van der Waals surface area contributed by atoms with Crippen molar-refractivity contribution in [3.63, 3.8) is 0 Å². The minimum Gasteiger partial charge on any atom is -0.273 e. The summed E-state index contributed by atoms with van der Waals surface area (Å²) in [6.45, 7) is 3.68. The first-order valence-corrected chi connectivity index (χ1v) is 7.45. The fourth-order valence-electron chi connectivity index (χ4n) is 2.22. The van der Waals surface area contributed by atoms with E-state index in [1.165, 1.54) is 0 Å². The Morgan fingerprint density at radius 3 is 2.78 bits per heavy atom. The lowest BCUT2D eigenvalue weighted by atomic mass is 9.99. The maximum atomic E-state index is 11.7. The molecule has 0 spiro atoms. The highest BCUT2D eigenvalue weighted by atomic mass is 16.2. The van der Waals surface area contributed by atoms with Gasteiger partial charge in [-0.2, -0.15) is 10.2 Å². The summed E-state index contributed by atoms with van der Waals surface area (Å²) in [7, 11) is 0. The third kappa shape index (κ3) is 5.18. The summed E-state index contributed by atoms with van der Waals surface area (Å²) in [5.74, 6) is -0.689. The fraction of sp³-hybridized carbons (Fsp3) is 0.294. The second kappa shape index (κ2) is 8.03. The van der Waals surface area contributed by atoms with Gasteiger partial charge in [-0.15, -0.1) is 0 Å². The standard InChI is InChI=1S/C17H20N4O2/c1-12(10-14-6-4-3-5-7-14)11-18-20-16(22)9-8-15-13(2)19-21-17(15)23/h3-7,10-11,15H,8-9H2,1-2H3,(H,20,22)(H,21,23)/b12-10+,18-11-/t15-/m0/s1. The Hall–Kier alpha value is -2.76. The molecule has 1 aliphatic heterocycles. The smallest absolute Gasteiger partial charge is 0.248 e. The van der Waals surface area contributed by atoms with Crippen molar-refractivity contribution in [1.29, 1.82) is 0 Å². The minimum atomic E-state index is -0.315. The van der Waals surface area contributed by atoms with Gasteiger partial charge in [0.05, 0.1) is 12.1 Å². The lowest BCUT2D eigenvalue weighted by molar-refractivity contribution is -0.123. The lowest BCUT2D eigenvalue weighted by Crippen LogP contribution is -2.25. The van der Waals surface area contributed by atoms with Gasteiger partial charge in [-0.05, 0) is 31.4 Å². The number of rotatable bonds is 6. The number of hydrogen-bond acceptors (Lipinski definition) is 4. The molecule has 1 aromatic carbocycles. The average molecular weight is 312 g/mol. The molecule has 0 saturated carbocycles. The van der Waals surface area contributed by atoms with Crippen molar-refractivity contribution in [2.24, 2.45) is 16.1 Å². The van der Waals surface area contributed by atoms with Crippen LogP contribution in [0.1, 0.15) is 32.3 Å². The molecule has 0 saturated heterocycles. The van der Waals surface area contributed by atoms with Crippen molar-refractivity contribution in [3.8, 4) is 0 Å². The molecule has 2 rings (SSSR count). The maximum absolute atomic E-state index is 11.7. The van der Waals surface area contributed by atoms with Crippen molar-refractivity contribution in [2.75, 3.05) is 0 Å². The predicted octanol–water partition coefficient (Wildman–Crippen LogP) is 2.09. The Balaban J connectivity index is 1.77. The third-order valence-corrected chi connectivity index (χ3v) is 3.47. The lowest BCUT2D eigenvalue weighted by Gasteiger charge is -2.06. The van der Waals surface area contributed by atoms with Crippen molar-refractivity contribution >= 4 is 29.8 Å². The zero-order valence-electron chi connectivity index (χ0n) is 13.2. The number of nitrogens with zero attached hydrogens (tertiary/aromatic N) is 2. The average Bonchev–Trinajstić information content (AvgIpc) is 2.85. The van der Waals surface area contributed by atoms with Gasteiger partial charge in [0.1, 0.15) is 0 Å². The van der Waals surface area contributed by atoms with E-state index in [0.29, 0.717) is 12.1 Å². The molecule has 1 atom stereocenters. The molecule has 1 heterocycles. The first kappa shape index (κ1) is 16.6. The van der Waals surface area contributed by atoms with Gasteiger partial charge in [0.2, 0.25) is 11.8 Å². The van der Waals surface area contributed by atoms with E-state index in [4.69, 9.17) is 0 Å². The quantitative estimate of drug-likeness (QED) is 0.623. The van der Waals surface area contributed by atoms with Crippen LogP contribution < -0.4 is 10.9 Å². The molecule has 23 heavy (non-hydrogen) atoms. The molecule has 0 aliphatic carbocycles. The van der Waals surface area contributed by atoms with Gasteiger partial charge in [-0.1, -0.05) is 36.4 Å². The number of hydrazone groups is 2. The van der Waals surface area contributed by atoms with Crippen LogP contribution in [0.25, 0.3) is 6.08 Å². The van der Waals surface area contributed by atoms with Crippen LogP contribution in [0.3, 0.4) is 0 Å². The van der Waals surface area contributed by atoms with E-state index < -0.39 is 0 Å². The highest BCUT2D eigenvalue weighted by Gasteiger charge is 2.26. The zero-order chi connectivity index (χ0) is 16.7. The van der Waals surface area contributed by atoms with Gasteiger partial charge in [0.15, 0.2) is 0 Å². The molecule has 0 aromatic heterocycles. The minimum absolute atomic E-state index is 0.152. The molecule has 120 valence electrons. The van der Waals surface area contributed by atoms with Crippen molar-refractivity contribution in [1.82, 2.24) is 10.9 Å². The summed E-state index contributed by atoms with van der Waals surface area (Å²) in [6, 6.07) is 9.86. The SMILES string of the molecule is CC1=NNC(=O)[C@H]1CCC(=O)N/N=C\C(C)=C\c1ccccc1. The molecule has 1 aliphatic rings. The van der Waals surface area contributed by atoms with Crippen LogP contribution in [-0.4, -0.2) is 23.7 Å². The molecule has 0 bridgehead atoms. The highest BCUT2D eigenvalue weighted by molar-refractivity contribution is 6.07. The predicted molar refractivity (Wildman–Crippen MR) is 90.7 cm³/mol. The summed E-state index contributed by atoms with van der Waals surface area (Å²) in [4.78, 5) is 23.2. The van der Waals surface area contributed by atoms with E-state index >= 15 is 0 Å². The zero-order valence-corrected chi connectivity index (χ0v) is 13.2. The van der Waals surface area contributed by atoms with E-state index in [-0.39, 0.29) is 24.2 Å². The normalized spacial score (nSPS) is 18.0. The number of allylic oxidation sites excluding steroid dienone is 1. The van der Waals surface area contributed by atoms with Gasteiger partial charge in [0, 0.05) is 12.1 Å². The molecule has 6 heteroatoms. The van der Waals surface area contributed by atoms with Crippen LogP contribution in [0, 0.1) is 5.92 Å². The van der Waals surface area contributed by atoms with E-state index in [1.807, 2.05) is 43.3 Å². The summed E-state index contributed by atoms with van der Waals surface area (Å²) in [6.07, 6.45) is 4.23. The number of hydrogen-bond donors (Lipinski definition) is 2. The largest absolute Gasteiger partial charge is 0.273 e. The van der Waals surface area contributed by atoms with Gasteiger partial charge in [-0.3, -0.25) is 9.59 Å². The number of nitrogens with one attached hydrogen (secondary N) is 2. The van der Waals surface area contributed by atoms with Crippen LogP contribution in [-0.2, 0) is 9.59 Å². The van der Waals surface area contributed by atoms with Gasteiger partial charge >= 0.3 is 0 Å². The highest BCUT2D eigenvalue weighted by Crippen LogP contribution is 2.13. The Kier molecular flexibility index (Phi) is 5.80. The topological polar surface area (TPSA) is 82.9 Å². The van der Waals surface area contributed by atoms with E-state index in [0.717, 1.165) is 11.1 Å². The van der Waals surface area contributed by atoms with Crippen LogP contribution in [0.4, 0.5) is 0 Å². The number of amides is 2. The Labute approximate surface area is 135 Å². The summed E-state index contributed by atoms with van der Waals surface area (Å²) in [5.41, 5.74) is 7.59. The van der Waals surface area contributed by atoms with Crippen molar-refractivity contribution in [2.45, 2.75) is 26.7 Å². The van der Waals surface area contributed by atoms with Crippen molar-refractivity contribution < 1.29 is 9.59 Å². The molecule has 2 N–H and O–H groups in total. The third-order valence-electron chi connectivity index (χ3n) is 3.47. The Morgan fingerprint density at radius 2 is 2.13 bits per heavy atom. The second-order valence-corrected chi connectivity index (χ2v) is 5.41. The van der Waals surface area contributed by atoms with E-state index in [1.54, 1.807) is 13.1 Å². The van der Waals surface area contributed by atoms with Gasteiger partial charge < -0.3 is 0 Å². The van der Waals surface area contributed by atoms with Gasteiger partial charge in [-0.25, -0.2) is 10.9 Å². The first-order valence-electron chi connectivity index (χ1n) is 7.45. The van der Waals surface area contributed by atoms with Crippen molar-refractivity contribution in [3.05, 3.63) is 41.5 Å². The number of benzene rings is 1. The first-order chi connectivity index (χ1) is 11.1. The molecule has 0 radical (unpaired) electrons. The maximum Gasteiger partial charge on any atom is 0.248 e. The molecule has 2 amide bonds. The number of carbonyl (C=O) groups excluding carboxylic acids is 2.